The summed E-state index contributed by atoms with van der Waals surface area (Å²) in [5.41, 5.74) is 0.702. The van der Waals surface area contributed by atoms with E-state index in [2.05, 4.69) is 0 Å². The molecular formula is C13H13ClN2O2S. The van der Waals surface area contributed by atoms with E-state index < -0.39 is 0 Å². The maximum absolute atomic E-state index is 12.2. The number of carbonyl (C=O) groups excluding carboxylic acids is 1. The van der Waals surface area contributed by atoms with Gasteiger partial charge in [0.15, 0.2) is 5.75 Å². The maximum Gasteiger partial charge on any atom is 0.237 e. The zero-order valence-corrected chi connectivity index (χ0v) is 12.0. The first-order chi connectivity index (χ1) is 9.13. The summed E-state index contributed by atoms with van der Waals surface area (Å²) in [4.78, 5) is 13.9. The smallest absolute Gasteiger partial charge is 0.237 e. The Morgan fingerprint density at radius 1 is 1.68 bits per heavy atom. The minimum Gasteiger partial charge on any atom is -0.485 e. The first kappa shape index (κ1) is 14.0. The van der Waals surface area contributed by atoms with Crippen molar-refractivity contribution >= 4 is 35.0 Å². The molecule has 0 spiro atoms. The number of hydrogen-bond acceptors (Lipinski definition) is 4. The third kappa shape index (κ3) is 3.14. The van der Waals surface area contributed by atoms with E-state index >= 15 is 0 Å². The molecule has 6 heteroatoms. The minimum absolute atomic E-state index is 0.0288. The topological polar surface area (TPSA) is 53.3 Å². The molecule has 0 aliphatic carbocycles. The van der Waals surface area contributed by atoms with Crippen molar-refractivity contribution in [3.63, 3.8) is 0 Å². The van der Waals surface area contributed by atoms with Gasteiger partial charge in [0.05, 0.1) is 34.8 Å². The van der Waals surface area contributed by atoms with Crippen LogP contribution in [-0.4, -0.2) is 30.1 Å². The molecule has 0 radical (unpaired) electrons. The molecule has 2 rings (SSSR count). The molecule has 1 amide bonds. The molecule has 1 aromatic rings. The Morgan fingerprint density at radius 3 is 3.21 bits per heavy atom. The van der Waals surface area contributed by atoms with Gasteiger partial charge < -0.3 is 9.64 Å². The van der Waals surface area contributed by atoms with Gasteiger partial charge in [-0.15, -0.1) is 11.8 Å². The van der Waals surface area contributed by atoms with Gasteiger partial charge in [-0.25, -0.2) is 0 Å². The Hall–Kier alpha value is -1.38. The van der Waals surface area contributed by atoms with Crippen LogP contribution in [0, 0.1) is 11.3 Å². The number of thioether (sulfide) groups is 1. The van der Waals surface area contributed by atoms with Crippen molar-refractivity contribution < 1.29 is 9.53 Å². The molecule has 4 nitrogen and oxygen atoms in total. The fourth-order valence-electron chi connectivity index (χ4n) is 1.92. The number of ether oxygens (including phenoxy) is 1. The molecule has 0 aromatic heterocycles. The van der Waals surface area contributed by atoms with Crippen LogP contribution in [-0.2, 0) is 4.79 Å². The molecule has 0 N–H and O–H groups in total. The van der Waals surface area contributed by atoms with Gasteiger partial charge in [0, 0.05) is 0 Å². The second-order valence-electron chi connectivity index (χ2n) is 4.17. The van der Waals surface area contributed by atoms with Crippen LogP contribution in [0.15, 0.2) is 18.2 Å². The molecule has 0 bridgehead atoms. The van der Waals surface area contributed by atoms with E-state index in [4.69, 9.17) is 21.6 Å². The zero-order valence-electron chi connectivity index (χ0n) is 10.4. The van der Waals surface area contributed by atoms with Crippen molar-refractivity contribution in [2.45, 2.75) is 13.0 Å². The maximum atomic E-state index is 12.2. The number of benzene rings is 1. The third-order valence-electron chi connectivity index (χ3n) is 2.69. The second-order valence-corrected chi connectivity index (χ2v) is 5.56. The van der Waals surface area contributed by atoms with Gasteiger partial charge in [0.25, 0.3) is 0 Å². The zero-order chi connectivity index (χ0) is 13.8. The molecule has 1 heterocycles. The SMILES string of the molecule is CC1CN(C(=O)CSCC#N)c2cccc(Cl)c2O1. The highest BCUT2D eigenvalue weighted by atomic mass is 35.5. The summed E-state index contributed by atoms with van der Waals surface area (Å²) in [6.45, 7) is 2.40. The van der Waals surface area contributed by atoms with Crippen LogP contribution in [0.2, 0.25) is 5.02 Å². The van der Waals surface area contributed by atoms with Crippen molar-refractivity contribution in [3.8, 4) is 11.8 Å². The Morgan fingerprint density at radius 2 is 2.47 bits per heavy atom. The van der Waals surface area contributed by atoms with Crippen LogP contribution >= 0.6 is 23.4 Å². The van der Waals surface area contributed by atoms with Gasteiger partial charge in [-0.1, -0.05) is 17.7 Å². The largest absolute Gasteiger partial charge is 0.485 e. The van der Waals surface area contributed by atoms with Crippen molar-refractivity contribution in [1.29, 1.82) is 5.26 Å². The van der Waals surface area contributed by atoms with Crippen LogP contribution in [0.3, 0.4) is 0 Å². The highest BCUT2D eigenvalue weighted by Crippen LogP contribution is 2.39. The third-order valence-corrected chi connectivity index (χ3v) is 3.77. The van der Waals surface area contributed by atoms with Crippen molar-refractivity contribution in [2.75, 3.05) is 23.0 Å². The number of para-hydroxylation sites is 1. The Bertz CT molecular complexity index is 530. The highest BCUT2D eigenvalue weighted by Gasteiger charge is 2.28. The molecule has 19 heavy (non-hydrogen) atoms. The summed E-state index contributed by atoms with van der Waals surface area (Å²) >= 11 is 7.40. The van der Waals surface area contributed by atoms with Crippen LogP contribution in [0.5, 0.6) is 5.75 Å². The van der Waals surface area contributed by atoms with Crippen LogP contribution in [0.4, 0.5) is 5.69 Å². The molecule has 1 atom stereocenters. The number of hydrogen-bond donors (Lipinski definition) is 0. The average molecular weight is 297 g/mol. The lowest BCUT2D eigenvalue weighted by molar-refractivity contribution is -0.116. The van der Waals surface area contributed by atoms with E-state index in [1.165, 1.54) is 11.8 Å². The first-order valence-corrected chi connectivity index (χ1v) is 7.37. The summed E-state index contributed by atoms with van der Waals surface area (Å²) in [5, 5.41) is 9.00. The summed E-state index contributed by atoms with van der Waals surface area (Å²) in [6, 6.07) is 7.37. The average Bonchev–Trinajstić information content (AvgIpc) is 2.39. The van der Waals surface area contributed by atoms with Gasteiger partial charge in [-0.05, 0) is 19.1 Å². The molecular weight excluding hydrogens is 284 g/mol. The van der Waals surface area contributed by atoms with Crippen molar-refractivity contribution in [3.05, 3.63) is 23.2 Å². The van der Waals surface area contributed by atoms with E-state index in [1.54, 1.807) is 17.0 Å². The highest BCUT2D eigenvalue weighted by molar-refractivity contribution is 8.00. The number of nitrogens with zero attached hydrogens (tertiary/aromatic N) is 2. The number of rotatable bonds is 3. The van der Waals surface area contributed by atoms with Crippen LogP contribution in [0.1, 0.15) is 6.92 Å². The summed E-state index contributed by atoms with van der Waals surface area (Å²) < 4.78 is 5.68. The second kappa shape index (κ2) is 6.18. The fraction of sp³-hybridized carbons (Fsp3) is 0.385. The van der Waals surface area contributed by atoms with E-state index in [9.17, 15) is 4.79 Å². The number of nitriles is 1. The number of carbonyl (C=O) groups is 1. The van der Waals surface area contributed by atoms with Crippen molar-refractivity contribution in [2.24, 2.45) is 0 Å². The summed E-state index contributed by atoms with van der Waals surface area (Å²) in [6.07, 6.45) is -0.0997. The van der Waals surface area contributed by atoms with Gasteiger partial charge in [0.1, 0.15) is 6.10 Å². The molecule has 0 saturated carbocycles. The number of anilines is 1. The fourth-order valence-corrected chi connectivity index (χ4v) is 2.66. The van der Waals surface area contributed by atoms with Gasteiger partial charge >= 0.3 is 0 Å². The number of amides is 1. The predicted octanol–water partition coefficient (Wildman–Crippen LogP) is 2.71. The quantitative estimate of drug-likeness (QED) is 0.805. The lowest BCUT2D eigenvalue weighted by Gasteiger charge is -2.33. The molecule has 1 aliphatic rings. The molecule has 1 unspecified atom stereocenters. The molecule has 100 valence electrons. The van der Waals surface area contributed by atoms with Gasteiger partial charge in [-0.2, -0.15) is 5.26 Å². The predicted molar refractivity (Wildman–Crippen MR) is 76.8 cm³/mol. The lowest BCUT2D eigenvalue weighted by Crippen LogP contribution is -2.43. The van der Waals surface area contributed by atoms with E-state index in [0.717, 1.165) is 0 Å². The van der Waals surface area contributed by atoms with Crippen LogP contribution < -0.4 is 9.64 Å². The molecule has 0 saturated heterocycles. The van der Waals surface area contributed by atoms with Gasteiger partial charge in [0.2, 0.25) is 5.91 Å². The Kier molecular flexibility index (Phi) is 4.56. The molecule has 1 aromatic carbocycles. The van der Waals surface area contributed by atoms with Crippen LogP contribution in [0.25, 0.3) is 0 Å². The summed E-state index contributed by atoms with van der Waals surface area (Å²) in [7, 11) is 0. The standard InChI is InChI=1S/C13H13ClN2O2S/c1-9-7-16(12(17)8-19-6-5-15)11-4-2-3-10(14)13(11)18-9/h2-4,9H,6-8H2,1H3. The number of halogens is 1. The van der Waals surface area contributed by atoms with E-state index in [0.29, 0.717) is 28.8 Å². The molecule has 1 aliphatic heterocycles. The Labute approximate surface area is 121 Å². The molecule has 0 fully saturated rings. The monoisotopic (exact) mass is 296 g/mol. The van der Waals surface area contributed by atoms with E-state index in [-0.39, 0.29) is 17.8 Å². The number of fused-ring (bicyclic) bond motifs is 1. The van der Waals surface area contributed by atoms with E-state index in [1.807, 2.05) is 19.1 Å². The van der Waals surface area contributed by atoms with Crippen molar-refractivity contribution in [1.82, 2.24) is 0 Å². The Balaban J connectivity index is 2.21. The minimum atomic E-state index is -0.0997. The lowest BCUT2D eigenvalue weighted by atomic mass is 10.2. The first-order valence-electron chi connectivity index (χ1n) is 5.83. The normalized spacial score (nSPS) is 17.3. The van der Waals surface area contributed by atoms with Gasteiger partial charge in [-0.3, -0.25) is 4.79 Å². The summed E-state index contributed by atoms with van der Waals surface area (Å²) in [5.74, 6) is 1.13.